The van der Waals surface area contributed by atoms with E-state index in [9.17, 15) is 20.0 Å². The minimum absolute atomic E-state index is 0.0237. The molecule has 5 rings (SSSR count). The van der Waals surface area contributed by atoms with Gasteiger partial charge in [-0.15, -0.1) is 0 Å². The third-order valence-corrected chi connectivity index (χ3v) is 7.86. The number of nitrogens with zero attached hydrogens (tertiary/aromatic N) is 6. The average Bonchev–Trinajstić information content (AvgIpc) is 2.95. The summed E-state index contributed by atoms with van der Waals surface area (Å²) in [6.07, 6.45) is 1.46. The van der Waals surface area contributed by atoms with Crippen LogP contribution in [0.4, 0.5) is 11.4 Å². The minimum atomic E-state index is -1.20. The van der Waals surface area contributed by atoms with Crippen LogP contribution in [-0.4, -0.2) is 43.7 Å². The molecule has 0 amide bonds. The lowest BCUT2D eigenvalue weighted by molar-refractivity contribution is 0.0691. The first-order valence-electron chi connectivity index (χ1n) is 13.1. The molecule has 0 unspecified atom stereocenters. The Kier molecular flexibility index (Phi) is 7.84. The number of anilines is 2. The van der Waals surface area contributed by atoms with E-state index in [-0.39, 0.29) is 33.2 Å². The molecule has 3 aromatic heterocycles. The van der Waals surface area contributed by atoms with E-state index in [1.54, 1.807) is 23.7 Å². The van der Waals surface area contributed by atoms with Gasteiger partial charge in [-0.05, 0) is 62.6 Å². The van der Waals surface area contributed by atoms with Gasteiger partial charge in [0.25, 0.3) is 5.56 Å². The highest BCUT2D eigenvalue weighted by Crippen LogP contribution is 2.33. The quantitative estimate of drug-likeness (QED) is 0.280. The number of carboxylic acids is 1. The lowest BCUT2D eigenvalue weighted by Gasteiger charge is -2.34. The maximum absolute atomic E-state index is 13.6. The second-order valence-electron chi connectivity index (χ2n) is 10.2. The molecule has 4 aromatic rings. The standard InChI is InChI=1S/C29H27Cl2N7O3/c1-15-12-18(16(2)33-20-4-6-24(31)35-26(20)29(40)41)25-19(13-15)28(39)37(3)27(36-25)17-8-10-38(11-9-17)22-5-7-23(30)34-21(22)14-32/h4-7,12-13,16-17,33H,8-11H2,1-3H3,(H,40,41)/t16-/m1/s1. The molecule has 1 aromatic carbocycles. The monoisotopic (exact) mass is 591 g/mol. The number of piperidine rings is 1. The first kappa shape index (κ1) is 28.3. The highest BCUT2D eigenvalue weighted by Gasteiger charge is 2.27. The van der Waals surface area contributed by atoms with Crippen LogP contribution >= 0.6 is 23.2 Å². The van der Waals surface area contributed by atoms with Gasteiger partial charge in [-0.1, -0.05) is 29.3 Å². The molecule has 1 aliphatic heterocycles. The van der Waals surface area contributed by atoms with Gasteiger partial charge in [0, 0.05) is 31.6 Å². The van der Waals surface area contributed by atoms with Crippen LogP contribution in [0.15, 0.2) is 41.2 Å². The molecule has 2 N–H and O–H groups in total. The predicted molar refractivity (Wildman–Crippen MR) is 158 cm³/mol. The summed E-state index contributed by atoms with van der Waals surface area (Å²) in [6.45, 7) is 5.12. The third kappa shape index (κ3) is 5.56. The largest absolute Gasteiger partial charge is 0.476 e. The van der Waals surface area contributed by atoms with E-state index in [1.165, 1.54) is 6.07 Å². The summed E-state index contributed by atoms with van der Waals surface area (Å²) < 4.78 is 1.63. The van der Waals surface area contributed by atoms with Gasteiger partial charge < -0.3 is 15.3 Å². The van der Waals surface area contributed by atoms with Gasteiger partial charge in [-0.2, -0.15) is 5.26 Å². The summed E-state index contributed by atoms with van der Waals surface area (Å²) >= 11 is 11.9. The SMILES string of the molecule is Cc1cc([C@@H](C)Nc2ccc(Cl)nc2C(=O)O)c2nc(C3CCN(c4ccc(Cl)nc4C#N)CC3)n(C)c(=O)c2c1. The first-order valence-corrected chi connectivity index (χ1v) is 13.8. The van der Waals surface area contributed by atoms with Gasteiger partial charge in [0.15, 0.2) is 11.4 Å². The van der Waals surface area contributed by atoms with Crippen molar-refractivity contribution in [2.24, 2.45) is 7.05 Å². The highest BCUT2D eigenvalue weighted by molar-refractivity contribution is 6.29. The van der Waals surface area contributed by atoms with Crippen molar-refractivity contribution in [2.75, 3.05) is 23.3 Å². The second-order valence-corrected chi connectivity index (χ2v) is 10.9. The highest BCUT2D eigenvalue weighted by atomic mass is 35.5. The number of nitriles is 1. The Morgan fingerprint density at radius 1 is 1.12 bits per heavy atom. The number of halogens is 2. The number of nitrogens with one attached hydrogen (secondary N) is 1. The summed E-state index contributed by atoms with van der Waals surface area (Å²) in [5.41, 5.74) is 3.25. The van der Waals surface area contributed by atoms with Crippen molar-refractivity contribution in [3.05, 3.63) is 85.4 Å². The fourth-order valence-corrected chi connectivity index (χ4v) is 5.73. The number of aromatic carboxylic acids is 1. The van der Waals surface area contributed by atoms with Gasteiger partial charge in [0.05, 0.1) is 28.3 Å². The van der Waals surface area contributed by atoms with Crippen molar-refractivity contribution in [2.45, 2.75) is 38.6 Å². The van der Waals surface area contributed by atoms with E-state index in [0.29, 0.717) is 35.5 Å². The van der Waals surface area contributed by atoms with E-state index >= 15 is 0 Å². The third-order valence-electron chi connectivity index (χ3n) is 7.44. The molecular weight excluding hydrogens is 565 g/mol. The zero-order valence-electron chi connectivity index (χ0n) is 22.7. The topological polar surface area (TPSA) is 137 Å². The van der Waals surface area contributed by atoms with Crippen LogP contribution in [0.5, 0.6) is 0 Å². The van der Waals surface area contributed by atoms with Crippen molar-refractivity contribution in [3.63, 3.8) is 0 Å². The normalized spacial score (nSPS) is 14.6. The van der Waals surface area contributed by atoms with Gasteiger partial charge >= 0.3 is 5.97 Å². The average molecular weight is 592 g/mol. The van der Waals surface area contributed by atoms with E-state index in [4.69, 9.17) is 28.2 Å². The van der Waals surface area contributed by atoms with E-state index in [0.717, 1.165) is 29.7 Å². The molecule has 12 heteroatoms. The number of pyridine rings is 2. The molecule has 10 nitrogen and oxygen atoms in total. The van der Waals surface area contributed by atoms with Crippen LogP contribution in [0.25, 0.3) is 10.9 Å². The number of hydrogen-bond acceptors (Lipinski definition) is 8. The molecule has 0 saturated carbocycles. The molecule has 0 radical (unpaired) electrons. The lowest BCUT2D eigenvalue weighted by Crippen LogP contribution is -2.36. The Balaban J connectivity index is 1.49. The number of carbonyl (C=O) groups is 1. The molecule has 0 spiro atoms. The zero-order valence-corrected chi connectivity index (χ0v) is 24.2. The van der Waals surface area contributed by atoms with Gasteiger partial charge in [-0.25, -0.2) is 19.7 Å². The summed E-state index contributed by atoms with van der Waals surface area (Å²) in [4.78, 5) is 40.6. The number of rotatable bonds is 6. The Labute approximate surface area is 246 Å². The van der Waals surface area contributed by atoms with Crippen LogP contribution < -0.4 is 15.8 Å². The molecule has 1 aliphatic rings. The summed E-state index contributed by atoms with van der Waals surface area (Å²) in [5.74, 6) is -0.489. The smallest absolute Gasteiger partial charge is 0.356 e. The number of carboxylic acid groups (broad SMARTS) is 1. The lowest BCUT2D eigenvalue weighted by atomic mass is 9.94. The summed E-state index contributed by atoms with van der Waals surface area (Å²) in [6, 6.07) is 12.1. The van der Waals surface area contributed by atoms with Crippen molar-refractivity contribution >= 4 is 51.4 Å². The molecule has 210 valence electrons. The van der Waals surface area contributed by atoms with Crippen LogP contribution in [-0.2, 0) is 7.05 Å². The predicted octanol–water partition coefficient (Wildman–Crippen LogP) is 5.47. The Bertz CT molecular complexity index is 1780. The van der Waals surface area contributed by atoms with Crippen molar-refractivity contribution in [1.29, 1.82) is 5.26 Å². The van der Waals surface area contributed by atoms with Crippen LogP contribution in [0.2, 0.25) is 10.3 Å². The number of aryl methyl sites for hydroxylation is 1. The molecule has 4 heterocycles. The number of benzene rings is 1. The van der Waals surface area contributed by atoms with Crippen molar-refractivity contribution in [1.82, 2.24) is 19.5 Å². The van der Waals surface area contributed by atoms with Gasteiger partial charge in [0.1, 0.15) is 22.2 Å². The number of hydrogen-bond donors (Lipinski definition) is 2. The molecule has 41 heavy (non-hydrogen) atoms. The Morgan fingerprint density at radius 2 is 1.80 bits per heavy atom. The van der Waals surface area contributed by atoms with Crippen molar-refractivity contribution < 1.29 is 9.90 Å². The fraction of sp³-hybridized carbons (Fsp3) is 0.310. The first-order chi connectivity index (χ1) is 19.6. The molecule has 1 fully saturated rings. The van der Waals surface area contributed by atoms with E-state index in [2.05, 4.69) is 26.3 Å². The molecule has 1 atom stereocenters. The van der Waals surface area contributed by atoms with E-state index < -0.39 is 12.0 Å². The number of fused-ring (bicyclic) bond motifs is 1. The van der Waals surface area contributed by atoms with Crippen LogP contribution in [0.1, 0.15) is 64.9 Å². The molecule has 0 aliphatic carbocycles. The summed E-state index contributed by atoms with van der Waals surface area (Å²) in [7, 11) is 1.75. The van der Waals surface area contributed by atoms with Crippen LogP contribution in [0, 0.1) is 18.3 Å². The van der Waals surface area contributed by atoms with Gasteiger partial charge in [-0.3, -0.25) is 9.36 Å². The second kappa shape index (κ2) is 11.4. The minimum Gasteiger partial charge on any atom is -0.476 e. The summed E-state index contributed by atoms with van der Waals surface area (Å²) in [5, 5.41) is 23.2. The maximum atomic E-state index is 13.6. The Hall–Kier alpha value is -4.20. The molecule has 1 saturated heterocycles. The fourth-order valence-electron chi connectivity index (χ4n) is 5.43. The molecular formula is C29H27Cl2N7O3. The van der Waals surface area contributed by atoms with E-state index in [1.807, 2.05) is 32.0 Å². The zero-order chi connectivity index (χ0) is 29.4. The van der Waals surface area contributed by atoms with Crippen LogP contribution in [0.3, 0.4) is 0 Å². The molecule has 0 bridgehead atoms. The Morgan fingerprint density at radius 3 is 2.49 bits per heavy atom. The van der Waals surface area contributed by atoms with Crippen molar-refractivity contribution in [3.8, 4) is 6.07 Å². The number of aromatic nitrogens is 4. The maximum Gasteiger partial charge on any atom is 0.356 e. The van der Waals surface area contributed by atoms with Gasteiger partial charge in [0.2, 0.25) is 0 Å².